The summed E-state index contributed by atoms with van der Waals surface area (Å²) in [5.74, 6) is 0.340. The highest BCUT2D eigenvalue weighted by Gasteiger charge is 2.24. The number of nitrogens with zero attached hydrogens (tertiary/aromatic N) is 3. The number of amides is 1. The molecule has 36 heavy (non-hydrogen) atoms. The van der Waals surface area contributed by atoms with Gasteiger partial charge in [-0.3, -0.25) is 9.59 Å². The fourth-order valence-corrected chi connectivity index (χ4v) is 4.68. The fraction of sp³-hybridized carbons (Fsp3) is 0.115. The maximum atomic E-state index is 13.7. The molecule has 8 nitrogen and oxygen atoms in total. The number of hydrogen-bond donors (Lipinski definition) is 1. The molecule has 0 fully saturated rings. The molecule has 5 aromatic rings. The third-order valence-electron chi connectivity index (χ3n) is 5.94. The summed E-state index contributed by atoms with van der Waals surface area (Å²) in [6, 6.07) is 17.2. The molecule has 0 bridgehead atoms. The number of anilines is 1. The van der Waals surface area contributed by atoms with E-state index >= 15 is 0 Å². The van der Waals surface area contributed by atoms with Gasteiger partial charge in [-0.1, -0.05) is 41.4 Å². The van der Waals surface area contributed by atoms with Crippen molar-refractivity contribution >= 4 is 56.6 Å². The molecular formula is C26H20Cl2N4O4. The highest BCUT2D eigenvalue weighted by Crippen LogP contribution is 2.32. The van der Waals surface area contributed by atoms with E-state index in [9.17, 15) is 9.59 Å². The second-order valence-electron chi connectivity index (χ2n) is 7.98. The van der Waals surface area contributed by atoms with Gasteiger partial charge in [-0.15, -0.1) is 0 Å². The van der Waals surface area contributed by atoms with Crippen LogP contribution >= 0.6 is 23.2 Å². The highest BCUT2D eigenvalue weighted by atomic mass is 35.5. The number of rotatable bonds is 5. The van der Waals surface area contributed by atoms with Crippen LogP contribution in [0.4, 0.5) is 5.69 Å². The quantitative estimate of drug-likeness (QED) is 0.331. The number of ether oxygens (including phenoxy) is 2. The number of carbonyl (C=O) groups is 1. The van der Waals surface area contributed by atoms with Gasteiger partial charge in [-0.05, 0) is 42.5 Å². The van der Waals surface area contributed by atoms with Crippen molar-refractivity contribution in [2.75, 3.05) is 19.5 Å². The van der Waals surface area contributed by atoms with E-state index in [2.05, 4.69) is 10.4 Å². The van der Waals surface area contributed by atoms with Crippen LogP contribution in [0.2, 0.25) is 10.0 Å². The maximum absolute atomic E-state index is 13.7. The van der Waals surface area contributed by atoms with Gasteiger partial charge in [0.15, 0.2) is 5.69 Å². The highest BCUT2D eigenvalue weighted by molar-refractivity contribution is 6.32. The molecule has 0 unspecified atom stereocenters. The van der Waals surface area contributed by atoms with E-state index in [0.717, 1.165) is 15.6 Å². The van der Waals surface area contributed by atoms with E-state index in [0.29, 0.717) is 43.8 Å². The lowest BCUT2D eigenvalue weighted by Crippen LogP contribution is -2.27. The van der Waals surface area contributed by atoms with Crippen molar-refractivity contribution in [2.24, 2.45) is 7.05 Å². The molecule has 0 saturated heterocycles. The summed E-state index contributed by atoms with van der Waals surface area (Å²) in [5, 5.41) is 9.23. The number of halogens is 2. The Balaban J connectivity index is 1.79. The first-order chi connectivity index (χ1) is 17.3. The van der Waals surface area contributed by atoms with Gasteiger partial charge in [-0.2, -0.15) is 9.78 Å². The van der Waals surface area contributed by atoms with Gasteiger partial charge >= 0.3 is 0 Å². The van der Waals surface area contributed by atoms with Gasteiger partial charge in [0.1, 0.15) is 17.0 Å². The van der Waals surface area contributed by atoms with Crippen molar-refractivity contribution in [1.29, 1.82) is 0 Å². The van der Waals surface area contributed by atoms with E-state index in [1.807, 2.05) is 24.3 Å². The van der Waals surface area contributed by atoms with Gasteiger partial charge in [0.05, 0.1) is 30.6 Å². The number of para-hydroxylation sites is 1. The lowest BCUT2D eigenvalue weighted by molar-refractivity contribution is 0.102. The Morgan fingerprint density at radius 3 is 2.42 bits per heavy atom. The van der Waals surface area contributed by atoms with Crippen LogP contribution in [0, 0.1) is 0 Å². The number of methoxy groups -OCH3 is 2. The summed E-state index contributed by atoms with van der Waals surface area (Å²) in [6.07, 6.45) is 0. The third kappa shape index (κ3) is 3.84. The van der Waals surface area contributed by atoms with Crippen molar-refractivity contribution in [3.63, 3.8) is 0 Å². The monoisotopic (exact) mass is 522 g/mol. The molecule has 0 aliphatic carbocycles. The van der Waals surface area contributed by atoms with Crippen molar-refractivity contribution in [3.8, 4) is 17.2 Å². The molecule has 3 aromatic carbocycles. The molecule has 0 atom stereocenters. The summed E-state index contributed by atoms with van der Waals surface area (Å²) < 4.78 is 13.5. The molecule has 0 spiro atoms. The van der Waals surface area contributed by atoms with Crippen molar-refractivity contribution in [2.45, 2.75) is 0 Å². The molecule has 0 aliphatic rings. The Bertz CT molecular complexity index is 1730. The lowest BCUT2D eigenvalue weighted by atomic mass is 10.1. The number of aryl methyl sites for hydroxylation is 1. The Kier molecular flexibility index (Phi) is 6.07. The van der Waals surface area contributed by atoms with Crippen molar-refractivity contribution in [1.82, 2.24) is 14.3 Å². The van der Waals surface area contributed by atoms with Crippen molar-refractivity contribution in [3.05, 3.63) is 86.8 Å². The Morgan fingerprint density at radius 2 is 1.69 bits per heavy atom. The lowest BCUT2D eigenvalue weighted by Gasteiger charge is -2.13. The first-order valence-electron chi connectivity index (χ1n) is 10.8. The van der Waals surface area contributed by atoms with Crippen LogP contribution in [-0.2, 0) is 7.05 Å². The molecule has 182 valence electrons. The summed E-state index contributed by atoms with van der Waals surface area (Å²) in [5.41, 5.74) is 1.51. The Hall–Kier alpha value is -4.01. The predicted octanol–water partition coefficient (Wildman–Crippen LogP) is 5.45. The average molecular weight is 523 g/mol. The van der Waals surface area contributed by atoms with Crippen LogP contribution in [0.3, 0.4) is 0 Å². The number of carbonyl (C=O) groups excluding carboxylic acids is 1. The first-order valence-corrected chi connectivity index (χ1v) is 11.6. The summed E-state index contributed by atoms with van der Waals surface area (Å²) in [7, 11) is 4.77. The predicted molar refractivity (Wildman–Crippen MR) is 141 cm³/mol. The van der Waals surface area contributed by atoms with E-state index < -0.39 is 11.5 Å². The second-order valence-corrected chi connectivity index (χ2v) is 8.83. The SMILES string of the molecule is COc1ccc(-n2nc(C(=O)Nc3cc(Cl)ccc3OC)c3c4ccccc4n(C)c3c2=O)cc1Cl. The van der Waals surface area contributed by atoms with Crippen LogP contribution in [0.5, 0.6) is 11.5 Å². The zero-order valence-corrected chi connectivity index (χ0v) is 21.0. The van der Waals surface area contributed by atoms with Gasteiger partial charge in [0.2, 0.25) is 0 Å². The molecule has 0 radical (unpaired) electrons. The van der Waals surface area contributed by atoms with Crippen LogP contribution in [0.25, 0.3) is 27.5 Å². The molecule has 0 saturated carbocycles. The van der Waals surface area contributed by atoms with E-state index in [1.165, 1.54) is 14.2 Å². The molecule has 1 N–H and O–H groups in total. The minimum atomic E-state index is -0.537. The van der Waals surface area contributed by atoms with Gasteiger partial charge in [-0.25, -0.2) is 0 Å². The normalized spacial score (nSPS) is 11.1. The molecule has 2 heterocycles. The fourth-order valence-electron chi connectivity index (χ4n) is 4.26. The van der Waals surface area contributed by atoms with Crippen LogP contribution in [0.15, 0.2) is 65.5 Å². The number of fused-ring (bicyclic) bond motifs is 3. The second kappa shape index (κ2) is 9.22. The number of hydrogen-bond acceptors (Lipinski definition) is 5. The molecular weight excluding hydrogens is 503 g/mol. The number of aromatic nitrogens is 3. The van der Waals surface area contributed by atoms with Crippen molar-refractivity contribution < 1.29 is 14.3 Å². The largest absolute Gasteiger partial charge is 0.495 e. The number of nitrogens with one attached hydrogen (secondary N) is 1. The summed E-state index contributed by atoms with van der Waals surface area (Å²) in [4.78, 5) is 27.4. The molecule has 10 heteroatoms. The molecule has 0 aliphatic heterocycles. The van der Waals surface area contributed by atoms with Gasteiger partial charge in [0, 0.05) is 28.4 Å². The third-order valence-corrected chi connectivity index (χ3v) is 6.47. The first kappa shape index (κ1) is 23.7. The molecule has 2 aromatic heterocycles. The standard InChI is InChI=1S/C26H20Cl2N4O4/c1-31-19-7-5-4-6-16(19)22-23(25(33)29-18-12-14(27)8-10-21(18)36-3)30-32(26(34)24(22)31)15-9-11-20(35-2)17(28)13-15/h4-13H,1-3H3,(H,29,33). The zero-order valence-electron chi connectivity index (χ0n) is 19.5. The smallest absolute Gasteiger partial charge is 0.296 e. The van der Waals surface area contributed by atoms with Crippen LogP contribution in [0.1, 0.15) is 10.5 Å². The van der Waals surface area contributed by atoms with E-state index in [1.54, 1.807) is 48.0 Å². The molecule has 1 amide bonds. The average Bonchev–Trinajstić information content (AvgIpc) is 3.17. The van der Waals surface area contributed by atoms with E-state index in [4.69, 9.17) is 32.7 Å². The van der Waals surface area contributed by atoms with Gasteiger partial charge < -0.3 is 19.4 Å². The number of benzene rings is 3. The summed E-state index contributed by atoms with van der Waals surface area (Å²) >= 11 is 12.5. The Morgan fingerprint density at radius 1 is 0.972 bits per heavy atom. The zero-order chi connectivity index (χ0) is 25.6. The Labute approximate surface area is 215 Å². The van der Waals surface area contributed by atoms with Crippen LogP contribution in [-0.4, -0.2) is 34.5 Å². The van der Waals surface area contributed by atoms with Gasteiger partial charge in [0.25, 0.3) is 11.5 Å². The minimum absolute atomic E-state index is 0.0513. The summed E-state index contributed by atoms with van der Waals surface area (Å²) in [6.45, 7) is 0. The maximum Gasteiger partial charge on any atom is 0.296 e. The molecule has 5 rings (SSSR count). The minimum Gasteiger partial charge on any atom is -0.495 e. The van der Waals surface area contributed by atoms with E-state index in [-0.39, 0.29) is 5.69 Å². The van der Waals surface area contributed by atoms with Crippen LogP contribution < -0.4 is 20.3 Å². The topological polar surface area (TPSA) is 87.4 Å².